The number of phenolic OH excluding ortho intramolecular Hbond substituents is 1. The normalized spacial score (nSPS) is 25.0. The van der Waals surface area contributed by atoms with E-state index in [1.54, 1.807) is 19.9 Å². The number of pyridine rings is 1. The predicted molar refractivity (Wildman–Crippen MR) is 165 cm³/mol. The highest BCUT2D eigenvalue weighted by molar-refractivity contribution is 6.01. The summed E-state index contributed by atoms with van der Waals surface area (Å²) in [5.74, 6) is 4.46. The van der Waals surface area contributed by atoms with Crippen LogP contribution in [0.3, 0.4) is 0 Å². The molecule has 2 aromatic carbocycles. The molecule has 0 bridgehead atoms. The van der Waals surface area contributed by atoms with Crippen LogP contribution in [0.15, 0.2) is 30.3 Å². The van der Waals surface area contributed by atoms with Crippen molar-refractivity contribution in [1.29, 1.82) is 0 Å². The third kappa shape index (κ3) is 5.20. The summed E-state index contributed by atoms with van der Waals surface area (Å²) in [4.78, 5) is 17.8. The van der Waals surface area contributed by atoms with Crippen LogP contribution in [-0.4, -0.2) is 80.2 Å². The fraction of sp³-hybridized carbons (Fsp3) is 0.441. The van der Waals surface area contributed by atoms with Crippen LogP contribution in [0.4, 0.5) is 19.0 Å². The van der Waals surface area contributed by atoms with Crippen LogP contribution in [-0.2, 0) is 0 Å². The lowest BCUT2D eigenvalue weighted by Gasteiger charge is -2.38. The number of nitrogens with zero attached hydrogens (tertiary/aromatic N) is 5. The van der Waals surface area contributed by atoms with E-state index in [0.717, 1.165) is 19.4 Å². The molecule has 2 aromatic heterocycles. The van der Waals surface area contributed by atoms with Gasteiger partial charge in [-0.1, -0.05) is 18.1 Å². The Labute approximate surface area is 258 Å². The standard InChI is InChI=1S/C34H34F3N5O3/c1-3-7-25-27-30(28(37)29(38-25)23-15-22(43)14-20-8-4-9-24(36)26(20)23)39-32(40-31(27)41-12-5-10-33(2,44)18-41)45-19-34-11-6-13-42(34)17-21(35)16-34/h4,8-9,14-15,21,43-44H,5-6,10-13,16-19H2,1-2H3/t21-,33-,34+/m1/s1. The fourth-order valence-corrected chi connectivity index (χ4v) is 7.42. The first-order valence-electron chi connectivity index (χ1n) is 15.3. The molecule has 0 aliphatic carbocycles. The van der Waals surface area contributed by atoms with Crippen molar-refractivity contribution in [3.8, 4) is 34.9 Å². The second kappa shape index (κ2) is 11.0. The smallest absolute Gasteiger partial charge is 0.319 e. The lowest BCUT2D eigenvalue weighted by atomic mass is 9.94. The highest BCUT2D eigenvalue weighted by Gasteiger charge is 2.49. The largest absolute Gasteiger partial charge is 0.508 e. The van der Waals surface area contributed by atoms with Crippen LogP contribution < -0.4 is 9.64 Å². The molecule has 11 heteroatoms. The third-order valence-corrected chi connectivity index (χ3v) is 9.36. The fourth-order valence-electron chi connectivity index (χ4n) is 7.42. The zero-order valence-corrected chi connectivity index (χ0v) is 25.2. The van der Waals surface area contributed by atoms with Crippen molar-refractivity contribution < 1.29 is 28.1 Å². The topological polar surface area (TPSA) is 94.8 Å². The first kappa shape index (κ1) is 29.6. The Kier molecular flexibility index (Phi) is 7.25. The molecule has 5 heterocycles. The molecule has 3 atom stereocenters. The minimum absolute atomic E-state index is 0.0469. The molecule has 234 valence electrons. The van der Waals surface area contributed by atoms with E-state index in [2.05, 4.69) is 26.7 Å². The van der Waals surface area contributed by atoms with E-state index in [9.17, 15) is 14.6 Å². The van der Waals surface area contributed by atoms with Gasteiger partial charge >= 0.3 is 6.01 Å². The summed E-state index contributed by atoms with van der Waals surface area (Å²) in [6.45, 7) is 5.40. The number of aliphatic hydroxyl groups is 1. The maximum absolute atomic E-state index is 16.9. The molecule has 4 aromatic rings. The number of benzene rings is 2. The number of aromatic hydroxyl groups is 1. The van der Waals surface area contributed by atoms with Gasteiger partial charge < -0.3 is 19.8 Å². The van der Waals surface area contributed by atoms with Crippen molar-refractivity contribution in [2.75, 3.05) is 37.7 Å². The van der Waals surface area contributed by atoms with Gasteiger partial charge in [-0.15, -0.1) is 0 Å². The molecule has 3 saturated heterocycles. The Morgan fingerprint density at radius 1 is 1.09 bits per heavy atom. The van der Waals surface area contributed by atoms with E-state index in [-0.39, 0.29) is 58.2 Å². The predicted octanol–water partition coefficient (Wildman–Crippen LogP) is 5.51. The Morgan fingerprint density at radius 2 is 1.91 bits per heavy atom. The maximum atomic E-state index is 16.9. The van der Waals surface area contributed by atoms with Crippen molar-refractivity contribution in [3.63, 3.8) is 0 Å². The Balaban J connectivity index is 1.44. The molecule has 45 heavy (non-hydrogen) atoms. The quantitative estimate of drug-likeness (QED) is 0.284. The number of hydrogen-bond donors (Lipinski definition) is 2. The molecule has 3 aliphatic rings. The van der Waals surface area contributed by atoms with Gasteiger partial charge in [0.1, 0.15) is 47.1 Å². The first-order valence-corrected chi connectivity index (χ1v) is 15.3. The van der Waals surface area contributed by atoms with Gasteiger partial charge in [-0.3, -0.25) is 4.90 Å². The van der Waals surface area contributed by atoms with Crippen LogP contribution in [0, 0.1) is 23.5 Å². The second-order valence-corrected chi connectivity index (χ2v) is 12.8. The lowest BCUT2D eigenvalue weighted by Crippen LogP contribution is -2.46. The number of piperidine rings is 1. The Bertz CT molecular complexity index is 1890. The average Bonchev–Trinajstić information content (AvgIpc) is 3.52. The molecule has 3 fully saturated rings. The van der Waals surface area contributed by atoms with Gasteiger partial charge in [0.15, 0.2) is 5.82 Å². The summed E-state index contributed by atoms with van der Waals surface area (Å²) in [5.41, 5.74) is -1.65. The molecule has 0 saturated carbocycles. The van der Waals surface area contributed by atoms with Gasteiger partial charge in [-0.05, 0) is 75.6 Å². The summed E-state index contributed by atoms with van der Waals surface area (Å²) < 4.78 is 52.8. The van der Waals surface area contributed by atoms with Crippen molar-refractivity contribution in [2.24, 2.45) is 0 Å². The molecule has 3 aliphatic heterocycles. The van der Waals surface area contributed by atoms with E-state index in [1.807, 2.05) is 4.90 Å². The number of rotatable bonds is 5. The van der Waals surface area contributed by atoms with Gasteiger partial charge in [0, 0.05) is 37.0 Å². The third-order valence-electron chi connectivity index (χ3n) is 9.36. The van der Waals surface area contributed by atoms with E-state index < -0.39 is 28.9 Å². The van der Waals surface area contributed by atoms with Crippen molar-refractivity contribution in [2.45, 2.75) is 63.3 Å². The number of fused-ring (bicyclic) bond motifs is 3. The maximum Gasteiger partial charge on any atom is 0.319 e. The molecule has 0 spiro atoms. The molecule has 0 amide bonds. The van der Waals surface area contributed by atoms with Crippen LogP contribution in [0.1, 0.15) is 51.6 Å². The monoisotopic (exact) mass is 617 g/mol. The number of aromatic nitrogens is 3. The Morgan fingerprint density at radius 3 is 2.71 bits per heavy atom. The van der Waals surface area contributed by atoms with E-state index in [4.69, 9.17) is 9.72 Å². The SMILES string of the molecule is CC#Cc1nc(-c2cc(O)cc3cccc(F)c23)c(F)c2nc(OC[C@@]34CCCN3C[C@H](F)C4)nc(N3CCC[C@@](C)(O)C3)c12. The van der Waals surface area contributed by atoms with Crippen molar-refractivity contribution >= 4 is 27.5 Å². The molecule has 0 radical (unpaired) electrons. The zero-order chi connectivity index (χ0) is 31.5. The molecule has 8 nitrogen and oxygen atoms in total. The van der Waals surface area contributed by atoms with Gasteiger partial charge in [0.25, 0.3) is 0 Å². The van der Waals surface area contributed by atoms with Crippen LogP contribution >= 0.6 is 0 Å². The second-order valence-electron chi connectivity index (χ2n) is 12.8. The summed E-state index contributed by atoms with van der Waals surface area (Å²) in [7, 11) is 0. The molecular formula is C34H34F3N5O3. The number of anilines is 1. The molecule has 2 N–H and O–H groups in total. The van der Waals surface area contributed by atoms with Crippen molar-refractivity contribution in [3.05, 3.63) is 47.7 Å². The van der Waals surface area contributed by atoms with Gasteiger partial charge in [-0.25, -0.2) is 18.2 Å². The minimum atomic E-state index is -1.01. The number of alkyl halides is 1. The zero-order valence-electron chi connectivity index (χ0n) is 25.2. The average molecular weight is 618 g/mol. The van der Waals surface area contributed by atoms with Crippen molar-refractivity contribution in [1.82, 2.24) is 19.9 Å². The van der Waals surface area contributed by atoms with Crippen LogP contribution in [0.5, 0.6) is 11.8 Å². The minimum Gasteiger partial charge on any atom is -0.508 e. The number of β-amino-alcohol motifs (C(OH)–C–C–N with tert-alkyl or cyclic N) is 1. The molecule has 7 rings (SSSR count). The highest BCUT2D eigenvalue weighted by atomic mass is 19.1. The summed E-state index contributed by atoms with van der Waals surface area (Å²) in [6, 6.07) is 6.98. The van der Waals surface area contributed by atoms with E-state index >= 15 is 8.78 Å². The van der Waals surface area contributed by atoms with Gasteiger partial charge in [-0.2, -0.15) is 9.97 Å². The Hall–Kier alpha value is -4.14. The van der Waals surface area contributed by atoms with E-state index in [1.165, 1.54) is 24.3 Å². The summed E-state index contributed by atoms with van der Waals surface area (Å²) in [5, 5.41) is 22.2. The summed E-state index contributed by atoms with van der Waals surface area (Å²) >= 11 is 0. The number of hydrogen-bond acceptors (Lipinski definition) is 8. The van der Waals surface area contributed by atoms with E-state index in [0.29, 0.717) is 43.6 Å². The van der Waals surface area contributed by atoms with Crippen LogP contribution in [0.25, 0.3) is 32.9 Å². The summed E-state index contributed by atoms with van der Waals surface area (Å²) in [6.07, 6.45) is 2.36. The van der Waals surface area contributed by atoms with Gasteiger partial charge in [0.2, 0.25) is 0 Å². The number of ether oxygens (including phenoxy) is 1. The lowest BCUT2D eigenvalue weighted by molar-refractivity contribution is 0.0447. The number of halogens is 3. The van der Waals surface area contributed by atoms with Crippen LogP contribution in [0.2, 0.25) is 0 Å². The molecular weight excluding hydrogens is 583 g/mol. The van der Waals surface area contributed by atoms with Gasteiger partial charge in [0.05, 0.1) is 16.5 Å². The first-order chi connectivity index (χ1) is 21.6. The number of phenols is 1. The highest BCUT2D eigenvalue weighted by Crippen LogP contribution is 2.42. The molecule has 0 unspecified atom stereocenters.